The van der Waals surface area contributed by atoms with E-state index in [1.54, 1.807) is 24.8 Å². The second-order valence-corrected chi connectivity index (χ2v) is 1.28. The molecule has 0 radical (unpaired) electrons. The molecule has 0 saturated carbocycles. The molecule has 1 aliphatic rings. The molecule has 0 aliphatic carbocycles. The van der Waals surface area contributed by atoms with E-state index in [0.29, 0.717) is 0 Å². The fourth-order valence-corrected chi connectivity index (χ4v) is 0.375. The molecular formula is C6H6N2. The van der Waals surface area contributed by atoms with E-state index < -0.39 is 0 Å². The summed E-state index contributed by atoms with van der Waals surface area (Å²) in [6.07, 6.45) is 10.4. The third kappa shape index (κ3) is 1.51. The highest BCUT2D eigenvalue weighted by Gasteiger charge is 1.66. The second kappa shape index (κ2) is 2.91. The van der Waals surface area contributed by atoms with Gasteiger partial charge in [-0.15, -0.1) is 0 Å². The van der Waals surface area contributed by atoms with Crippen molar-refractivity contribution in [2.75, 3.05) is 0 Å². The molecule has 1 rings (SSSR count). The van der Waals surface area contributed by atoms with Gasteiger partial charge in [0.15, 0.2) is 0 Å². The molecule has 0 spiro atoms. The molecule has 8 heavy (non-hydrogen) atoms. The monoisotopic (exact) mass is 106 g/mol. The van der Waals surface area contributed by atoms with Crippen LogP contribution in [-0.4, -0.2) is 12.4 Å². The summed E-state index contributed by atoms with van der Waals surface area (Å²) in [6.45, 7) is 0. The van der Waals surface area contributed by atoms with Gasteiger partial charge in [0, 0.05) is 24.8 Å². The van der Waals surface area contributed by atoms with Crippen LogP contribution in [0.4, 0.5) is 0 Å². The van der Waals surface area contributed by atoms with Crippen molar-refractivity contribution >= 4 is 12.4 Å². The number of aliphatic imine (C=N–C) groups is 2. The van der Waals surface area contributed by atoms with Crippen LogP contribution in [0.5, 0.6) is 0 Å². The zero-order chi connectivity index (χ0) is 5.66. The Kier molecular flexibility index (Phi) is 1.80. The highest BCUT2D eigenvalue weighted by atomic mass is 14.7. The maximum Gasteiger partial charge on any atom is 0.0450 e. The van der Waals surface area contributed by atoms with Crippen LogP contribution in [0, 0.1) is 0 Å². The van der Waals surface area contributed by atoms with Crippen molar-refractivity contribution in [3.8, 4) is 0 Å². The third-order valence-electron chi connectivity index (χ3n) is 0.694. The fraction of sp³-hybridized carbons (Fsp3) is 0. The van der Waals surface area contributed by atoms with Crippen LogP contribution in [0.2, 0.25) is 0 Å². The lowest BCUT2D eigenvalue weighted by molar-refractivity contribution is 1.49. The van der Waals surface area contributed by atoms with E-state index in [0.717, 1.165) is 0 Å². The minimum atomic E-state index is 1.64. The molecule has 0 unspecified atom stereocenters. The third-order valence-corrected chi connectivity index (χ3v) is 0.694. The molecule has 0 bridgehead atoms. The van der Waals surface area contributed by atoms with Crippen LogP contribution < -0.4 is 0 Å². The summed E-state index contributed by atoms with van der Waals surface area (Å²) >= 11 is 0. The summed E-state index contributed by atoms with van der Waals surface area (Å²) in [5.41, 5.74) is 0. The first-order valence-electron chi connectivity index (χ1n) is 2.37. The molecule has 40 valence electrons. The number of allylic oxidation sites excluding steroid dienone is 2. The van der Waals surface area contributed by atoms with Crippen molar-refractivity contribution in [2.45, 2.75) is 0 Å². The summed E-state index contributed by atoms with van der Waals surface area (Å²) in [7, 11) is 0. The second-order valence-electron chi connectivity index (χ2n) is 1.28. The number of rotatable bonds is 0. The quantitative estimate of drug-likeness (QED) is 0.443. The van der Waals surface area contributed by atoms with Crippen LogP contribution in [0.15, 0.2) is 34.5 Å². The minimum Gasteiger partial charge on any atom is -0.263 e. The smallest absolute Gasteiger partial charge is 0.0450 e. The predicted octanol–water partition coefficient (Wildman–Crippen LogP) is 1.17. The summed E-state index contributed by atoms with van der Waals surface area (Å²) in [5.74, 6) is 0. The largest absolute Gasteiger partial charge is 0.263 e. The van der Waals surface area contributed by atoms with E-state index in [2.05, 4.69) is 9.98 Å². The Morgan fingerprint density at radius 1 is 0.750 bits per heavy atom. The van der Waals surface area contributed by atoms with E-state index in [1.165, 1.54) is 0 Å². The molecule has 0 saturated heterocycles. The number of nitrogens with zero attached hydrogens (tertiary/aromatic N) is 2. The van der Waals surface area contributed by atoms with Gasteiger partial charge in [-0.25, -0.2) is 0 Å². The average molecular weight is 106 g/mol. The van der Waals surface area contributed by atoms with E-state index in [1.807, 2.05) is 12.2 Å². The van der Waals surface area contributed by atoms with Gasteiger partial charge in [0.2, 0.25) is 0 Å². The van der Waals surface area contributed by atoms with Gasteiger partial charge in [-0.3, -0.25) is 9.98 Å². The van der Waals surface area contributed by atoms with Gasteiger partial charge in [-0.1, -0.05) is 0 Å². The Morgan fingerprint density at radius 3 is 1.75 bits per heavy atom. The topological polar surface area (TPSA) is 24.7 Å². The average Bonchev–Trinajstić information content (AvgIpc) is 1.62. The number of hydrogen-bond donors (Lipinski definition) is 0. The summed E-state index contributed by atoms with van der Waals surface area (Å²) in [6, 6.07) is 0. The summed E-state index contributed by atoms with van der Waals surface area (Å²) in [4.78, 5) is 7.65. The zero-order valence-electron chi connectivity index (χ0n) is 4.36. The van der Waals surface area contributed by atoms with Crippen molar-refractivity contribution in [3.05, 3.63) is 24.6 Å². The lowest BCUT2D eigenvalue weighted by Gasteiger charge is -1.77. The van der Waals surface area contributed by atoms with Crippen molar-refractivity contribution in [1.82, 2.24) is 0 Å². The molecule has 1 aliphatic heterocycles. The lowest BCUT2D eigenvalue weighted by Crippen LogP contribution is -1.68. The van der Waals surface area contributed by atoms with Gasteiger partial charge < -0.3 is 0 Å². The minimum absolute atomic E-state index is 1.64. The highest BCUT2D eigenvalue weighted by Crippen LogP contribution is 1.79. The van der Waals surface area contributed by atoms with E-state index >= 15 is 0 Å². The van der Waals surface area contributed by atoms with Gasteiger partial charge >= 0.3 is 0 Å². The van der Waals surface area contributed by atoms with Crippen molar-refractivity contribution in [1.29, 1.82) is 0 Å². The Bertz CT molecular complexity index is 107. The first kappa shape index (κ1) is 4.97. The van der Waals surface area contributed by atoms with Gasteiger partial charge in [-0.05, 0) is 12.2 Å². The maximum absolute atomic E-state index is 3.82. The molecule has 2 nitrogen and oxygen atoms in total. The van der Waals surface area contributed by atoms with Crippen molar-refractivity contribution in [3.63, 3.8) is 0 Å². The van der Waals surface area contributed by atoms with Crippen LogP contribution in [0.25, 0.3) is 0 Å². The van der Waals surface area contributed by atoms with Crippen LogP contribution in [0.1, 0.15) is 0 Å². The standard InChI is InChI=1S/C6H6N2/c1-2-4-8-6-5-7-3-1/h1-6H/b2-1-,3-1?,4-2?,6-5-,7-3-,7-5?,8-4-,8-6?. The van der Waals surface area contributed by atoms with E-state index in [-0.39, 0.29) is 0 Å². The normalized spacial score (nSPS) is 32.0. The highest BCUT2D eigenvalue weighted by molar-refractivity contribution is 5.82. The van der Waals surface area contributed by atoms with Crippen LogP contribution in [0.3, 0.4) is 0 Å². The first-order valence-corrected chi connectivity index (χ1v) is 2.37. The lowest BCUT2D eigenvalue weighted by atomic mass is 10.5. The molecule has 2 heteroatoms. The maximum atomic E-state index is 3.82. The molecule has 0 N–H and O–H groups in total. The van der Waals surface area contributed by atoms with Crippen molar-refractivity contribution < 1.29 is 0 Å². The zero-order valence-corrected chi connectivity index (χ0v) is 4.36. The Morgan fingerprint density at radius 2 is 1.25 bits per heavy atom. The van der Waals surface area contributed by atoms with E-state index in [4.69, 9.17) is 0 Å². The fourth-order valence-electron chi connectivity index (χ4n) is 0.375. The Balaban J connectivity index is 2.67. The molecular weight excluding hydrogens is 100 g/mol. The molecule has 1 heterocycles. The molecule has 0 aromatic heterocycles. The molecule has 0 aromatic carbocycles. The molecule has 0 fully saturated rings. The Labute approximate surface area is 48.0 Å². The number of hydrogen-bond acceptors (Lipinski definition) is 2. The van der Waals surface area contributed by atoms with Gasteiger partial charge in [-0.2, -0.15) is 0 Å². The van der Waals surface area contributed by atoms with Gasteiger partial charge in [0.05, 0.1) is 0 Å². The molecule has 0 aromatic rings. The SMILES string of the molecule is C1=C\C=N/C=C\N=C/1. The van der Waals surface area contributed by atoms with Crippen LogP contribution in [-0.2, 0) is 0 Å². The van der Waals surface area contributed by atoms with Gasteiger partial charge in [0.25, 0.3) is 0 Å². The summed E-state index contributed by atoms with van der Waals surface area (Å²) in [5, 5.41) is 0. The van der Waals surface area contributed by atoms with Crippen LogP contribution >= 0.6 is 0 Å². The predicted molar refractivity (Wildman–Crippen MR) is 35.3 cm³/mol. The summed E-state index contributed by atoms with van der Waals surface area (Å²) < 4.78 is 0. The van der Waals surface area contributed by atoms with E-state index in [9.17, 15) is 0 Å². The molecule has 0 atom stereocenters. The molecule has 0 amide bonds. The Hall–Kier alpha value is -1.18. The van der Waals surface area contributed by atoms with Crippen molar-refractivity contribution in [2.24, 2.45) is 9.98 Å². The van der Waals surface area contributed by atoms with Gasteiger partial charge in [0.1, 0.15) is 0 Å². The first-order chi connectivity index (χ1) is 4.00.